The molecule has 0 N–H and O–H groups in total. The summed E-state index contributed by atoms with van der Waals surface area (Å²) in [5, 5.41) is -1.24. The molecule has 7 heteroatoms. The van der Waals surface area contributed by atoms with Crippen molar-refractivity contribution in [2.45, 2.75) is 63.9 Å². The maximum atomic E-state index is 14.2. The fourth-order valence-electron chi connectivity index (χ4n) is 4.94. The Hall–Kier alpha value is -2.72. The van der Waals surface area contributed by atoms with E-state index in [9.17, 15) is 14.2 Å². The summed E-state index contributed by atoms with van der Waals surface area (Å²) < 4.78 is 30.3. The van der Waals surface area contributed by atoms with E-state index >= 15 is 0 Å². The number of ether oxygens (including phenoxy) is 3. The first-order valence-electron chi connectivity index (χ1n) is 11.9. The zero-order valence-corrected chi connectivity index (χ0v) is 21.6. The van der Waals surface area contributed by atoms with Gasteiger partial charge in [0.25, 0.3) is 0 Å². The van der Waals surface area contributed by atoms with E-state index < -0.39 is 18.5 Å². The molecule has 0 spiro atoms. The standard InChI is InChI=1S/C27H34O6P/c1-6-18-12-11-13-19(7-2)23(18)25(28)27(14-9-8-10-15-27)34(30)26(29)24-21(32-4)16-20(31-3)17-22(24)33-5/h11-13,16-17H,6-10,14-15H2,1-5H3. The van der Waals surface area contributed by atoms with E-state index in [2.05, 4.69) is 0 Å². The molecule has 1 aliphatic rings. The van der Waals surface area contributed by atoms with Gasteiger partial charge >= 0.3 is 0 Å². The van der Waals surface area contributed by atoms with E-state index in [1.807, 2.05) is 32.0 Å². The highest BCUT2D eigenvalue weighted by Gasteiger charge is 2.50. The van der Waals surface area contributed by atoms with Crippen molar-refractivity contribution in [1.82, 2.24) is 0 Å². The van der Waals surface area contributed by atoms with Crippen molar-refractivity contribution in [2.24, 2.45) is 0 Å². The highest BCUT2D eigenvalue weighted by atomic mass is 31.1. The quantitative estimate of drug-likeness (QED) is 0.287. The minimum Gasteiger partial charge on any atom is -0.496 e. The third-order valence-electron chi connectivity index (χ3n) is 6.83. The van der Waals surface area contributed by atoms with Gasteiger partial charge in [-0.3, -0.25) is 14.2 Å². The second-order valence-corrected chi connectivity index (χ2v) is 10.4. The summed E-state index contributed by atoms with van der Waals surface area (Å²) in [4.78, 5) is 28.1. The van der Waals surface area contributed by atoms with Gasteiger partial charge in [-0.25, -0.2) is 0 Å². The average molecular weight is 486 g/mol. The summed E-state index contributed by atoms with van der Waals surface area (Å²) in [6.45, 7) is 4.02. The number of aryl methyl sites for hydroxylation is 2. The van der Waals surface area contributed by atoms with Gasteiger partial charge in [0.2, 0.25) is 5.52 Å². The molecule has 6 nitrogen and oxygen atoms in total. The summed E-state index contributed by atoms with van der Waals surface area (Å²) in [6, 6.07) is 8.99. The van der Waals surface area contributed by atoms with E-state index in [1.54, 1.807) is 12.1 Å². The Bertz CT molecular complexity index is 1040. The lowest BCUT2D eigenvalue weighted by molar-refractivity contribution is 0.0901. The molecule has 1 fully saturated rings. The van der Waals surface area contributed by atoms with E-state index in [0.29, 0.717) is 37.0 Å². The van der Waals surface area contributed by atoms with Gasteiger partial charge in [-0.05, 0) is 36.8 Å². The molecule has 0 aliphatic heterocycles. The van der Waals surface area contributed by atoms with Gasteiger partial charge < -0.3 is 14.2 Å². The highest BCUT2D eigenvalue weighted by molar-refractivity contribution is 7.67. The molecule has 1 aliphatic carbocycles. The van der Waals surface area contributed by atoms with Crippen molar-refractivity contribution in [2.75, 3.05) is 21.3 Å². The van der Waals surface area contributed by atoms with Crippen LogP contribution in [0.1, 0.15) is 77.8 Å². The van der Waals surface area contributed by atoms with Crippen molar-refractivity contribution in [1.29, 1.82) is 0 Å². The van der Waals surface area contributed by atoms with Gasteiger partial charge in [0.1, 0.15) is 28.0 Å². The molecule has 0 amide bonds. The van der Waals surface area contributed by atoms with Gasteiger partial charge in [0, 0.05) is 17.7 Å². The van der Waals surface area contributed by atoms with Crippen LogP contribution >= 0.6 is 7.80 Å². The number of carbonyl (C=O) groups is 2. The fraction of sp³-hybridized carbons (Fsp3) is 0.481. The molecule has 0 bridgehead atoms. The Morgan fingerprint density at radius 3 is 1.82 bits per heavy atom. The molecule has 1 saturated carbocycles. The molecule has 183 valence electrons. The Balaban J connectivity index is 2.16. The van der Waals surface area contributed by atoms with E-state index in [4.69, 9.17) is 14.2 Å². The smallest absolute Gasteiger partial charge is 0.250 e. The second-order valence-electron chi connectivity index (χ2n) is 8.59. The van der Waals surface area contributed by atoms with Crippen LogP contribution in [-0.4, -0.2) is 37.8 Å². The minimum absolute atomic E-state index is 0.0872. The topological polar surface area (TPSA) is 78.9 Å². The van der Waals surface area contributed by atoms with Crippen LogP contribution < -0.4 is 14.2 Å². The van der Waals surface area contributed by atoms with Crippen LogP contribution in [0.4, 0.5) is 0 Å². The second kappa shape index (κ2) is 11.1. The van der Waals surface area contributed by atoms with Crippen molar-refractivity contribution in [3.05, 3.63) is 52.6 Å². The van der Waals surface area contributed by atoms with Crippen LogP contribution in [0.3, 0.4) is 0 Å². The number of methoxy groups -OCH3 is 3. The number of Topliss-reactive ketones (excluding diaryl/α,β-unsaturated/α-hetero) is 1. The Kier molecular flexibility index (Phi) is 8.48. The van der Waals surface area contributed by atoms with Crippen molar-refractivity contribution in [3.63, 3.8) is 0 Å². The van der Waals surface area contributed by atoms with Gasteiger partial charge in [0.05, 0.1) is 21.3 Å². The third kappa shape index (κ3) is 4.61. The van der Waals surface area contributed by atoms with Crippen LogP contribution in [0.15, 0.2) is 30.3 Å². The third-order valence-corrected chi connectivity index (χ3v) is 8.85. The molecule has 3 rings (SSSR count). The summed E-state index contributed by atoms with van der Waals surface area (Å²) in [5.74, 6) is 0.716. The first kappa shape index (κ1) is 25.9. The maximum absolute atomic E-state index is 14.2. The molecular weight excluding hydrogens is 451 g/mol. The number of hydrogen-bond acceptors (Lipinski definition) is 6. The summed E-state index contributed by atoms with van der Waals surface area (Å²) in [7, 11) is 1.76. The monoisotopic (exact) mass is 485 g/mol. The normalized spacial score (nSPS) is 15.4. The summed E-state index contributed by atoms with van der Waals surface area (Å²) in [5.41, 5.74) is 1.98. The molecule has 0 saturated heterocycles. The predicted octanol–water partition coefficient (Wildman–Crippen LogP) is 6.39. The number of hydrogen-bond donors (Lipinski definition) is 0. The van der Waals surface area contributed by atoms with E-state index in [0.717, 1.165) is 30.4 Å². The Morgan fingerprint density at radius 1 is 0.853 bits per heavy atom. The number of ketones is 1. The first-order valence-corrected chi connectivity index (χ1v) is 13.1. The lowest BCUT2D eigenvalue weighted by Gasteiger charge is -2.35. The molecule has 34 heavy (non-hydrogen) atoms. The molecule has 1 atom stereocenters. The van der Waals surface area contributed by atoms with Gasteiger partial charge in [-0.1, -0.05) is 51.3 Å². The van der Waals surface area contributed by atoms with Crippen LogP contribution in [-0.2, 0) is 17.4 Å². The Labute approximate surface area is 202 Å². The highest BCUT2D eigenvalue weighted by Crippen LogP contribution is 2.55. The first-order chi connectivity index (χ1) is 16.4. The molecule has 0 aromatic heterocycles. The summed E-state index contributed by atoms with van der Waals surface area (Å²) in [6.07, 6.45) is 4.70. The maximum Gasteiger partial charge on any atom is 0.250 e. The number of carbonyl (C=O) groups excluding carboxylic acids is 2. The molecule has 2 aromatic rings. The summed E-state index contributed by atoms with van der Waals surface area (Å²) >= 11 is 0. The lowest BCUT2D eigenvalue weighted by atomic mass is 9.80. The molecule has 1 radical (unpaired) electrons. The molecule has 2 aromatic carbocycles. The minimum atomic E-state index is -2.62. The van der Waals surface area contributed by atoms with Gasteiger partial charge in [0.15, 0.2) is 13.6 Å². The van der Waals surface area contributed by atoms with E-state index in [-0.39, 0.29) is 22.8 Å². The zero-order chi connectivity index (χ0) is 24.9. The van der Waals surface area contributed by atoms with Crippen LogP contribution in [0.2, 0.25) is 0 Å². The van der Waals surface area contributed by atoms with Crippen LogP contribution in [0, 0.1) is 0 Å². The van der Waals surface area contributed by atoms with E-state index in [1.165, 1.54) is 21.3 Å². The van der Waals surface area contributed by atoms with Gasteiger partial charge in [-0.15, -0.1) is 0 Å². The molecule has 0 heterocycles. The predicted molar refractivity (Wildman–Crippen MR) is 133 cm³/mol. The Morgan fingerprint density at radius 2 is 1.38 bits per heavy atom. The number of rotatable bonds is 10. The average Bonchev–Trinajstić information content (AvgIpc) is 2.90. The van der Waals surface area contributed by atoms with Crippen molar-refractivity contribution >= 4 is 19.1 Å². The molecule has 1 unspecified atom stereocenters. The number of benzene rings is 2. The van der Waals surface area contributed by atoms with Gasteiger partial charge in [-0.2, -0.15) is 0 Å². The zero-order valence-electron chi connectivity index (χ0n) is 20.7. The largest absolute Gasteiger partial charge is 0.496 e. The van der Waals surface area contributed by atoms with Crippen molar-refractivity contribution < 1.29 is 28.4 Å². The SMILES string of the molecule is CCc1cccc(CC)c1C(=O)C1([P](=O)C(=O)c2c(OC)cc(OC)cc2OC)CCCCC1. The van der Waals surface area contributed by atoms with Crippen LogP contribution in [0.25, 0.3) is 0 Å². The van der Waals surface area contributed by atoms with Crippen LogP contribution in [0.5, 0.6) is 17.2 Å². The van der Waals surface area contributed by atoms with Crippen molar-refractivity contribution in [3.8, 4) is 17.2 Å². The molecular formula is C27H34O6P. The lowest BCUT2D eigenvalue weighted by Crippen LogP contribution is -2.39. The fourth-order valence-corrected chi connectivity index (χ4v) is 6.77.